The zero-order valence-electron chi connectivity index (χ0n) is 18.5. The molecule has 0 heterocycles. The maximum atomic E-state index is 13.6. The van der Waals surface area contributed by atoms with E-state index in [1.165, 1.54) is 0 Å². The molecular formula is C16H9ClF16O6S2. The van der Waals surface area contributed by atoms with Gasteiger partial charge in [0.05, 0.1) is 9.92 Å². The van der Waals surface area contributed by atoms with Crippen LogP contribution in [-0.2, 0) is 28.6 Å². The molecule has 0 radical (unpaired) electrons. The van der Waals surface area contributed by atoms with Gasteiger partial charge in [0.15, 0.2) is 0 Å². The summed E-state index contributed by atoms with van der Waals surface area (Å²) in [6.45, 7) is -6.60. The third kappa shape index (κ3) is 6.90. The summed E-state index contributed by atoms with van der Waals surface area (Å²) in [6, 6.07) is -0.128. The number of alkyl halides is 16. The molecule has 41 heavy (non-hydrogen) atoms. The molecule has 1 aromatic rings. The Morgan fingerprint density at radius 2 is 0.976 bits per heavy atom. The van der Waals surface area contributed by atoms with Gasteiger partial charge < -0.3 is 0 Å². The average molecular weight is 701 g/mol. The molecule has 0 atom stereocenters. The topological polar surface area (TPSA) is 86.7 Å². The molecule has 240 valence electrons. The van der Waals surface area contributed by atoms with Crippen LogP contribution in [-0.4, -0.2) is 78.4 Å². The van der Waals surface area contributed by atoms with Crippen LogP contribution in [0.1, 0.15) is 0 Å². The van der Waals surface area contributed by atoms with Crippen LogP contribution in [0.3, 0.4) is 0 Å². The number of benzene rings is 1. The summed E-state index contributed by atoms with van der Waals surface area (Å²) in [6.07, 6.45) is -10.8. The maximum absolute atomic E-state index is 13.6. The molecule has 0 saturated heterocycles. The highest BCUT2D eigenvalue weighted by atomic mass is 35.5. The standard InChI is InChI=1S/C16H9ClF16O6S2/c17-7-2-1-6(40(34,35)38-4-11(22,23)15(30,31)13(26,27)9(18)19)3-8(7)41(36,37)39-5-12(24,25)16(32,33)14(28,29)10(20)21/h1-3,9-10H,4-5H2. The monoisotopic (exact) mass is 700 g/mol. The lowest BCUT2D eigenvalue weighted by Crippen LogP contribution is -2.59. The molecule has 0 bridgehead atoms. The van der Waals surface area contributed by atoms with E-state index in [2.05, 4.69) is 8.37 Å². The first-order valence-electron chi connectivity index (χ1n) is 9.34. The predicted molar refractivity (Wildman–Crippen MR) is 99.4 cm³/mol. The highest BCUT2D eigenvalue weighted by molar-refractivity contribution is 7.87. The Kier molecular flexibility index (Phi) is 10.3. The lowest BCUT2D eigenvalue weighted by Gasteiger charge is -2.31. The van der Waals surface area contributed by atoms with E-state index < -0.39 is 96.6 Å². The minimum atomic E-state index is -6.96. The molecule has 1 rings (SSSR count). The smallest absolute Gasteiger partial charge is 0.260 e. The van der Waals surface area contributed by atoms with Crippen LogP contribution in [0, 0.1) is 0 Å². The molecule has 6 nitrogen and oxygen atoms in total. The Balaban J connectivity index is 3.32. The van der Waals surface area contributed by atoms with Gasteiger partial charge in [-0.05, 0) is 18.2 Å². The van der Waals surface area contributed by atoms with E-state index in [0.29, 0.717) is 0 Å². The Hall–Kier alpha value is -1.79. The molecule has 0 saturated carbocycles. The van der Waals surface area contributed by atoms with Crippen LogP contribution >= 0.6 is 11.6 Å². The fraction of sp³-hybridized carbons (Fsp3) is 0.625. The fourth-order valence-electron chi connectivity index (χ4n) is 2.21. The third-order valence-electron chi connectivity index (χ3n) is 4.56. The molecule has 0 aliphatic carbocycles. The van der Waals surface area contributed by atoms with Gasteiger partial charge in [-0.15, -0.1) is 0 Å². The first-order chi connectivity index (χ1) is 17.9. The first-order valence-corrected chi connectivity index (χ1v) is 12.5. The van der Waals surface area contributed by atoms with Crippen molar-refractivity contribution in [2.75, 3.05) is 13.2 Å². The highest BCUT2D eigenvalue weighted by Crippen LogP contribution is 2.50. The van der Waals surface area contributed by atoms with E-state index in [9.17, 15) is 87.1 Å². The summed E-state index contributed by atoms with van der Waals surface area (Å²) >= 11 is 5.35. The van der Waals surface area contributed by atoms with Gasteiger partial charge in [-0.25, -0.2) is 17.6 Å². The van der Waals surface area contributed by atoms with Gasteiger partial charge in [0.25, 0.3) is 20.2 Å². The average Bonchev–Trinajstić information content (AvgIpc) is 2.81. The fourth-order valence-corrected chi connectivity index (χ4v) is 4.63. The van der Waals surface area contributed by atoms with Crippen molar-refractivity contribution in [2.24, 2.45) is 0 Å². The van der Waals surface area contributed by atoms with Crippen LogP contribution in [0.15, 0.2) is 28.0 Å². The zero-order chi connectivity index (χ0) is 32.8. The van der Waals surface area contributed by atoms with Crippen LogP contribution < -0.4 is 0 Å². The largest absolute Gasteiger partial charge is 0.380 e. The summed E-state index contributed by atoms with van der Waals surface area (Å²) in [5.74, 6) is -40.1. The second-order valence-electron chi connectivity index (χ2n) is 7.43. The van der Waals surface area contributed by atoms with Gasteiger partial charge in [-0.2, -0.15) is 69.5 Å². The lowest BCUT2D eigenvalue weighted by molar-refractivity contribution is -0.342. The Bertz CT molecular complexity index is 1320. The Morgan fingerprint density at radius 3 is 1.32 bits per heavy atom. The summed E-state index contributed by atoms with van der Waals surface area (Å²) in [7, 11) is -12.1. The zero-order valence-corrected chi connectivity index (χ0v) is 20.9. The second kappa shape index (κ2) is 11.4. The number of halogens is 17. The molecule has 0 aliphatic rings. The molecule has 0 unspecified atom stereocenters. The van der Waals surface area contributed by atoms with E-state index in [1.54, 1.807) is 0 Å². The van der Waals surface area contributed by atoms with Crippen molar-refractivity contribution in [3.63, 3.8) is 0 Å². The molecule has 0 N–H and O–H groups in total. The summed E-state index contributed by atoms with van der Waals surface area (Å²) in [5.41, 5.74) is 0. The Morgan fingerprint density at radius 1 is 0.634 bits per heavy atom. The highest BCUT2D eigenvalue weighted by Gasteiger charge is 2.76. The van der Waals surface area contributed by atoms with Gasteiger partial charge in [0.1, 0.15) is 18.1 Å². The molecule has 1 aromatic carbocycles. The summed E-state index contributed by atoms with van der Waals surface area (Å²) in [4.78, 5) is -3.63. The maximum Gasteiger partial charge on any atom is 0.380 e. The molecule has 0 aliphatic heterocycles. The summed E-state index contributed by atoms with van der Waals surface area (Å²) < 4.78 is 262. The van der Waals surface area contributed by atoms with Gasteiger partial charge in [0.2, 0.25) is 0 Å². The van der Waals surface area contributed by atoms with Gasteiger partial charge >= 0.3 is 48.4 Å². The van der Waals surface area contributed by atoms with Crippen molar-refractivity contribution in [1.82, 2.24) is 0 Å². The lowest BCUT2D eigenvalue weighted by atomic mass is 10.1. The van der Waals surface area contributed by atoms with Crippen LogP contribution in [0.4, 0.5) is 70.2 Å². The van der Waals surface area contributed by atoms with Gasteiger partial charge in [0, 0.05) is 0 Å². The van der Waals surface area contributed by atoms with Crippen LogP contribution in [0.25, 0.3) is 0 Å². The number of hydrogen-bond acceptors (Lipinski definition) is 6. The number of rotatable bonds is 14. The SMILES string of the molecule is O=S(=O)(OCC(F)(F)C(F)(F)C(F)(F)C(F)F)c1ccc(Cl)c(S(=O)(=O)OCC(F)(F)C(F)(F)C(F)(F)C(F)F)c1. The van der Waals surface area contributed by atoms with E-state index in [0.717, 1.165) is 0 Å². The van der Waals surface area contributed by atoms with E-state index >= 15 is 0 Å². The van der Waals surface area contributed by atoms with Crippen molar-refractivity contribution in [2.45, 2.75) is 58.2 Å². The van der Waals surface area contributed by atoms with Crippen molar-refractivity contribution in [3.05, 3.63) is 23.2 Å². The van der Waals surface area contributed by atoms with E-state index in [4.69, 9.17) is 11.6 Å². The van der Waals surface area contributed by atoms with Crippen molar-refractivity contribution in [1.29, 1.82) is 0 Å². The third-order valence-corrected chi connectivity index (χ3v) is 7.56. The van der Waals surface area contributed by atoms with Gasteiger partial charge in [-0.1, -0.05) is 11.6 Å². The second-order valence-corrected chi connectivity index (χ2v) is 11.0. The van der Waals surface area contributed by atoms with Crippen molar-refractivity contribution < 1.29 is 95.4 Å². The van der Waals surface area contributed by atoms with Crippen LogP contribution in [0.5, 0.6) is 0 Å². The first kappa shape index (κ1) is 37.2. The Labute approximate surface area is 222 Å². The van der Waals surface area contributed by atoms with Crippen molar-refractivity contribution in [3.8, 4) is 0 Å². The molecule has 0 aromatic heterocycles. The molecular weight excluding hydrogens is 692 g/mol. The van der Waals surface area contributed by atoms with E-state index in [-0.39, 0.29) is 18.2 Å². The van der Waals surface area contributed by atoms with Crippen LogP contribution in [0.2, 0.25) is 5.02 Å². The normalized spacial score (nSPS) is 15.2. The number of hydrogen-bond donors (Lipinski definition) is 0. The molecule has 0 fully saturated rings. The van der Waals surface area contributed by atoms with Crippen molar-refractivity contribution >= 4 is 31.8 Å². The minimum absolute atomic E-state index is 0.104. The van der Waals surface area contributed by atoms with Gasteiger partial charge in [-0.3, -0.25) is 8.37 Å². The molecule has 0 amide bonds. The molecule has 0 spiro atoms. The quantitative estimate of drug-likeness (QED) is 0.173. The minimum Gasteiger partial charge on any atom is -0.260 e. The molecule has 25 heteroatoms. The van der Waals surface area contributed by atoms with E-state index in [1.807, 2.05) is 0 Å². The summed E-state index contributed by atoms with van der Waals surface area (Å²) in [5, 5.41) is -1.27. The predicted octanol–water partition coefficient (Wildman–Crippen LogP) is 6.09.